The lowest BCUT2D eigenvalue weighted by Gasteiger charge is -2.08. The molecule has 110 valence electrons. The van der Waals surface area contributed by atoms with E-state index in [9.17, 15) is 0 Å². The largest absolute Gasteiger partial charge is 0.378 e. The van der Waals surface area contributed by atoms with Gasteiger partial charge < -0.3 is 5.32 Å². The predicted octanol–water partition coefficient (Wildman–Crippen LogP) is 3.25. The van der Waals surface area contributed by atoms with E-state index in [4.69, 9.17) is 0 Å². The van der Waals surface area contributed by atoms with E-state index >= 15 is 0 Å². The Morgan fingerprint density at radius 1 is 1.20 bits per heavy atom. The first-order valence-electron chi connectivity index (χ1n) is 7.14. The molecule has 0 amide bonds. The Bertz CT molecular complexity index is 527. The second-order valence-corrected chi connectivity index (χ2v) is 5.21. The van der Waals surface area contributed by atoms with Crippen LogP contribution in [-0.2, 0) is 13.1 Å². The molecule has 2 heterocycles. The Balaban J connectivity index is 0.00000147. The van der Waals surface area contributed by atoms with E-state index in [0.717, 1.165) is 18.8 Å². The lowest BCUT2D eigenvalue weighted by molar-refractivity contribution is 0.466. The Morgan fingerprint density at radius 3 is 2.70 bits per heavy atom. The molecule has 1 aliphatic rings. The molecular formula is C14H22ClN5. The number of hydrogen-bond acceptors (Lipinski definition) is 3. The summed E-state index contributed by atoms with van der Waals surface area (Å²) in [6.45, 7) is 3.80. The summed E-state index contributed by atoms with van der Waals surface area (Å²) in [5.74, 6) is 0. The highest BCUT2D eigenvalue weighted by molar-refractivity contribution is 5.85. The number of nitrogens with one attached hydrogen (secondary N) is 1. The van der Waals surface area contributed by atoms with Crippen molar-refractivity contribution in [2.24, 2.45) is 0 Å². The van der Waals surface area contributed by atoms with Crippen LogP contribution in [0.3, 0.4) is 0 Å². The van der Waals surface area contributed by atoms with E-state index in [2.05, 4.69) is 33.3 Å². The number of aryl methyl sites for hydroxylation is 1. The predicted molar refractivity (Wildman–Crippen MR) is 82.2 cm³/mol. The van der Waals surface area contributed by atoms with Crippen molar-refractivity contribution < 1.29 is 0 Å². The average Bonchev–Trinajstić information content (AvgIpc) is 3.16. The molecule has 2 aromatic heterocycles. The molecule has 6 heteroatoms. The van der Waals surface area contributed by atoms with Gasteiger partial charge >= 0.3 is 0 Å². The monoisotopic (exact) mass is 295 g/mol. The highest BCUT2D eigenvalue weighted by atomic mass is 35.5. The normalized spacial score (nSPS) is 15.2. The Kier molecular flexibility index (Phi) is 5.06. The number of aromatic nitrogens is 4. The molecule has 1 fully saturated rings. The Morgan fingerprint density at radius 2 is 2.00 bits per heavy atom. The lowest BCUT2D eigenvalue weighted by Crippen LogP contribution is -2.04. The van der Waals surface area contributed by atoms with Crippen molar-refractivity contribution in [3.63, 3.8) is 0 Å². The number of rotatable bonds is 5. The molecule has 2 aromatic rings. The average molecular weight is 296 g/mol. The molecule has 0 aliphatic heterocycles. The van der Waals surface area contributed by atoms with Gasteiger partial charge in [-0.1, -0.05) is 12.8 Å². The molecule has 0 aromatic carbocycles. The van der Waals surface area contributed by atoms with Crippen molar-refractivity contribution in [2.45, 2.75) is 51.7 Å². The molecule has 1 saturated carbocycles. The quantitative estimate of drug-likeness (QED) is 0.921. The molecular weight excluding hydrogens is 274 g/mol. The van der Waals surface area contributed by atoms with Gasteiger partial charge in [0.15, 0.2) is 0 Å². The van der Waals surface area contributed by atoms with Gasteiger partial charge in [-0.3, -0.25) is 9.36 Å². The third kappa shape index (κ3) is 3.33. The van der Waals surface area contributed by atoms with Gasteiger partial charge in [-0.15, -0.1) is 12.4 Å². The second-order valence-electron chi connectivity index (χ2n) is 5.21. The fourth-order valence-electron chi connectivity index (χ4n) is 2.67. The maximum Gasteiger partial charge on any atom is 0.0729 e. The smallest absolute Gasteiger partial charge is 0.0729 e. The van der Waals surface area contributed by atoms with Gasteiger partial charge in [0.2, 0.25) is 0 Å². The summed E-state index contributed by atoms with van der Waals surface area (Å²) in [5.41, 5.74) is 2.30. The molecule has 0 atom stereocenters. The van der Waals surface area contributed by atoms with Gasteiger partial charge in [-0.2, -0.15) is 10.2 Å². The molecule has 1 N–H and O–H groups in total. The van der Waals surface area contributed by atoms with Crippen LogP contribution in [0.1, 0.15) is 44.2 Å². The summed E-state index contributed by atoms with van der Waals surface area (Å²) < 4.78 is 4.06. The molecule has 0 spiro atoms. The van der Waals surface area contributed by atoms with Crippen LogP contribution < -0.4 is 5.32 Å². The lowest BCUT2D eigenvalue weighted by atomic mass is 10.2. The first-order chi connectivity index (χ1) is 9.35. The SMILES string of the molecule is CCn1cc(NCc2cnn(C3CCCC3)c2)cn1.Cl. The molecule has 1 aliphatic carbocycles. The molecule has 0 saturated heterocycles. The van der Waals surface area contributed by atoms with Crippen LogP contribution in [0.25, 0.3) is 0 Å². The standard InChI is InChI=1S/C14H21N5.ClH/c1-2-18-11-13(9-16-18)15-7-12-8-17-19(10-12)14-5-3-4-6-14;/h8-11,14-15H,2-7H2,1H3;1H. The van der Waals surface area contributed by atoms with Crippen molar-refractivity contribution in [3.8, 4) is 0 Å². The Labute approximate surface area is 125 Å². The third-order valence-electron chi connectivity index (χ3n) is 3.81. The van der Waals surface area contributed by atoms with E-state index in [1.165, 1.54) is 31.2 Å². The van der Waals surface area contributed by atoms with Gasteiger partial charge in [0.1, 0.15) is 0 Å². The highest BCUT2D eigenvalue weighted by Gasteiger charge is 2.17. The minimum Gasteiger partial charge on any atom is -0.378 e. The van der Waals surface area contributed by atoms with Crippen LogP contribution in [-0.4, -0.2) is 19.6 Å². The summed E-state index contributed by atoms with van der Waals surface area (Å²) in [6, 6.07) is 0.622. The molecule has 5 nitrogen and oxygen atoms in total. The van der Waals surface area contributed by atoms with Gasteiger partial charge in [0.25, 0.3) is 0 Å². The van der Waals surface area contributed by atoms with Crippen LogP contribution in [0.15, 0.2) is 24.8 Å². The van der Waals surface area contributed by atoms with E-state index < -0.39 is 0 Å². The zero-order valence-electron chi connectivity index (χ0n) is 11.8. The first kappa shape index (κ1) is 14.9. The summed E-state index contributed by atoms with van der Waals surface area (Å²) in [7, 11) is 0. The van der Waals surface area contributed by atoms with Crippen LogP contribution >= 0.6 is 12.4 Å². The van der Waals surface area contributed by atoms with E-state index in [1.54, 1.807) is 0 Å². The zero-order chi connectivity index (χ0) is 13.1. The maximum atomic E-state index is 4.49. The molecule has 0 unspecified atom stereocenters. The topological polar surface area (TPSA) is 47.7 Å². The van der Waals surface area contributed by atoms with Crippen LogP contribution in [0.5, 0.6) is 0 Å². The van der Waals surface area contributed by atoms with Gasteiger partial charge in [0.05, 0.1) is 24.1 Å². The van der Waals surface area contributed by atoms with Crippen LogP contribution in [0.2, 0.25) is 0 Å². The van der Waals surface area contributed by atoms with Crippen molar-refractivity contribution in [2.75, 3.05) is 5.32 Å². The molecule has 0 radical (unpaired) electrons. The molecule has 20 heavy (non-hydrogen) atoms. The van der Waals surface area contributed by atoms with E-state index in [1.807, 2.05) is 23.3 Å². The van der Waals surface area contributed by atoms with Gasteiger partial charge in [-0.05, 0) is 19.8 Å². The van der Waals surface area contributed by atoms with E-state index in [-0.39, 0.29) is 12.4 Å². The second kappa shape index (κ2) is 6.79. The van der Waals surface area contributed by atoms with Crippen molar-refractivity contribution >= 4 is 18.1 Å². The summed E-state index contributed by atoms with van der Waals surface area (Å²) in [4.78, 5) is 0. The summed E-state index contributed by atoms with van der Waals surface area (Å²) in [6.07, 6.45) is 13.3. The zero-order valence-corrected chi connectivity index (χ0v) is 12.6. The van der Waals surface area contributed by atoms with Crippen LogP contribution in [0, 0.1) is 0 Å². The number of nitrogens with zero attached hydrogens (tertiary/aromatic N) is 4. The first-order valence-corrected chi connectivity index (χ1v) is 7.14. The molecule has 0 bridgehead atoms. The minimum atomic E-state index is 0. The van der Waals surface area contributed by atoms with Crippen molar-refractivity contribution in [1.82, 2.24) is 19.6 Å². The van der Waals surface area contributed by atoms with Crippen molar-refractivity contribution in [1.29, 1.82) is 0 Å². The number of halogens is 1. The van der Waals surface area contributed by atoms with E-state index in [0.29, 0.717) is 6.04 Å². The highest BCUT2D eigenvalue weighted by Crippen LogP contribution is 2.28. The maximum absolute atomic E-state index is 4.49. The minimum absolute atomic E-state index is 0. The third-order valence-corrected chi connectivity index (χ3v) is 3.81. The Hall–Kier alpha value is -1.49. The van der Waals surface area contributed by atoms with Gasteiger partial charge in [-0.25, -0.2) is 0 Å². The molecule has 3 rings (SSSR count). The van der Waals surface area contributed by atoms with Crippen LogP contribution in [0.4, 0.5) is 5.69 Å². The fourth-order valence-corrected chi connectivity index (χ4v) is 2.67. The fraction of sp³-hybridized carbons (Fsp3) is 0.571. The number of anilines is 1. The van der Waals surface area contributed by atoms with Crippen molar-refractivity contribution in [3.05, 3.63) is 30.4 Å². The van der Waals surface area contributed by atoms with Gasteiger partial charge in [0, 0.05) is 31.0 Å². The summed E-state index contributed by atoms with van der Waals surface area (Å²) in [5, 5.41) is 12.1. The number of hydrogen-bond donors (Lipinski definition) is 1. The summed E-state index contributed by atoms with van der Waals surface area (Å²) >= 11 is 0.